The number of benzene rings is 1. The van der Waals surface area contributed by atoms with E-state index in [4.69, 9.17) is 16.7 Å². The molecule has 0 saturated heterocycles. The van der Waals surface area contributed by atoms with Gasteiger partial charge in [0.15, 0.2) is 0 Å². The summed E-state index contributed by atoms with van der Waals surface area (Å²) in [6.45, 7) is 5.28. The number of anilines is 1. The number of unbranched alkanes of at least 4 members (excludes halogenated alkanes) is 2. The van der Waals surface area contributed by atoms with Gasteiger partial charge in [-0.3, -0.25) is 0 Å². The van der Waals surface area contributed by atoms with Crippen LogP contribution in [-0.4, -0.2) is 23.4 Å². The van der Waals surface area contributed by atoms with E-state index in [1.54, 1.807) is 0 Å². The summed E-state index contributed by atoms with van der Waals surface area (Å²) >= 11 is 6.16. The summed E-state index contributed by atoms with van der Waals surface area (Å²) in [5.41, 5.74) is 3.21. The molecule has 1 aromatic carbocycles. The number of hydrogen-bond acceptors (Lipinski definition) is 2. The molecule has 0 saturated carbocycles. The van der Waals surface area contributed by atoms with E-state index in [0.29, 0.717) is 5.88 Å². The molecule has 1 aromatic heterocycles. The van der Waals surface area contributed by atoms with Gasteiger partial charge in [0.25, 0.3) is 0 Å². The Bertz CT molecular complexity index is 563. The lowest BCUT2D eigenvalue weighted by Gasteiger charge is -2.22. The zero-order valence-electron chi connectivity index (χ0n) is 13.1. The van der Waals surface area contributed by atoms with Crippen LogP contribution in [0.2, 0.25) is 0 Å². The third kappa shape index (κ3) is 3.59. The van der Waals surface area contributed by atoms with Gasteiger partial charge in [-0.2, -0.15) is 5.10 Å². The van der Waals surface area contributed by atoms with E-state index in [9.17, 15) is 0 Å². The SMILES string of the molecule is CCCCCN(C)c1c(CCl)c(C)nn1-c1ccccc1. The van der Waals surface area contributed by atoms with Gasteiger partial charge in [-0.1, -0.05) is 38.0 Å². The number of aryl methyl sites for hydroxylation is 1. The van der Waals surface area contributed by atoms with Crippen molar-refractivity contribution in [2.45, 2.75) is 39.0 Å². The second-order valence-electron chi connectivity index (χ2n) is 5.40. The van der Waals surface area contributed by atoms with Crippen molar-refractivity contribution in [3.63, 3.8) is 0 Å². The second-order valence-corrected chi connectivity index (χ2v) is 5.66. The summed E-state index contributed by atoms with van der Waals surface area (Å²) in [6, 6.07) is 10.2. The quantitative estimate of drug-likeness (QED) is 0.553. The number of halogens is 1. The Morgan fingerprint density at radius 2 is 1.90 bits per heavy atom. The maximum absolute atomic E-state index is 6.16. The van der Waals surface area contributed by atoms with E-state index < -0.39 is 0 Å². The van der Waals surface area contributed by atoms with Crippen molar-refractivity contribution < 1.29 is 0 Å². The molecule has 21 heavy (non-hydrogen) atoms. The molecular formula is C17H24ClN3. The van der Waals surface area contributed by atoms with Crippen molar-refractivity contribution in [2.24, 2.45) is 0 Å². The number of rotatable bonds is 7. The van der Waals surface area contributed by atoms with Crippen LogP contribution in [0.3, 0.4) is 0 Å². The molecule has 0 aliphatic rings. The summed E-state index contributed by atoms with van der Waals surface area (Å²) in [5, 5.41) is 4.69. The maximum atomic E-state index is 6.16. The first-order chi connectivity index (χ1) is 10.2. The molecule has 0 radical (unpaired) electrons. The van der Waals surface area contributed by atoms with Gasteiger partial charge >= 0.3 is 0 Å². The van der Waals surface area contributed by atoms with Crippen LogP contribution in [-0.2, 0) is 5.88 Å². The van der Waals surface area contributed by atoms with Crippen molar-refractivity contribution in [1.29, 1.82) is 0 Å². The van der Waals surface area contributed by atoms with Gasteiger partial charge in [-0.05, 0) is 25.5 Å². The molecule has 2 aromatic rings. The Hall–Kier alpha value is -1.48. The van der Waals surface area contributed by atoms with E-state index in [0.717, 1.165) is 29.3 Å². The molecule has 0 fully saturated rings. The topological polar surface area (TPSA) is 21.1 Å². The summed E-state index contributed by atoms with van der Waals surface area (Å²) in [7, 11) is 2.13. The van der Waals surface area contributed by atoms with Gasteiger partial charge in [0.2, 0.25) is 0 Å². The molecule has 0 spiro atoms. The Morgan fingerprint density at radius 3 is 2.52 bits per heavy atom. The van der Waals surface area contributed by atoms with Gasteiger partial charge in [-0.25, -0.2) is 4.68 Å². The molecule has 0 N–H and O–H groups in total. The molecule has 0 aliphatic heterocycles. The molecule has 0 bridgehead atoms. The monoisotopic (exact) mass is 305 g/mol. The highest BCUT2D eigenvalue weighted by Gasteiger charge is 2.18. The van der Waals surface area contributed by atoms with Crippen LogP contribution < -0.4 is 4.90 Å². The van der Waals surface area contributed by atoms with E-state index in [-0.39, 0.29) is 0 Å². The van der Waals surface area contributed by atoms with Gasteiger partial charge < -0.3 is 4.90 Å². The largest absolute Gasteiger partial charge is 0.359 e. The lowest BCUT2D eigenvalue weighted by Crippen LogP contribution is -2.22. The molecule has 3 nitrogen and oxygen atoms in total. The zero-order valence-corrected chi connectivity index (χ0v) is 13.9. The highest BCUT2D eigenvalue weighted by Crippen LogP contribution is 2.28. The van der Waals surface area contributed by atoms with Crippen molar-refractivity contribution in [2.75, 3.05) is 18.5 Å². The van der Waals surface area contributed by atoms with Crippen molar-refractivity contribution in [3.05, 3.63) is 41.6 Å². The van der Waals surface area contributed by atoms with Crippen molar-refractivity contribution in [1.82, 2.24) is 9.78 Å². The average molecular weight is 306 g/mol. The number of hydrogen-bond donors (Lipinski definition) is 0. The number of nitrogens with zero attached hydrogens (tertiary/aromatic N) is 3. The van der Waals surface area contributed by atoms with E-state index in [2.05, 4.69) is 31.0 Å². The second kappa shape index (κ2) is 7.51. The molecular weight excluding hydrogens is 282 g/mol. The summed E-state index contributed by atoms with van der Waals surface area (Å²) in [6.07, 6.45) is 3.67. The van der Waals surface area contributed by atoms with Gasteiger partial charge in [-0.15, -0.1) is 11.6 Å². The number of aromatic nitrogens is 2. The van der Waals surface area contributed by atoms with Crippen LogP contribution in [0.25, 0.3) is 5.69 Å². The first-order valence-electron chi connectivity index (χ1n) is 7.60. The normalized spacial score (nSPS) is 10.9. The molecule has 0 amide bonds. The van der Waals surface area contributed by atoms with Gasteiger partial charge in [0.05, 0.1) is 17.3 Å². The van der Waals surface area contributed by atoms with E-state index in [1.165, 1.54) is 19.3 Å². The summed E-state index contributed by atoms with van der Waals surface area (Å²) < 4.78 is 2.01. The zero-order chi connectivity index (χ0) is 15.2. The molecule has 114 valence electrons. The highest BCUT2D eigenvalue weighted by atomic mass is 35.5. The Morgan fingerprint density at radius 1 is 1.19 bits per heavy atom. The molecule has 2 rings (SSSR count). The third-order valence-electron chi connectivity index (χ3n) is 3.75. The van der Waals surface area contributed by atoms with Crippen LogP contribution in [0.15, 0.2) is 30.3 Å². The first kappa shape index (κ1) is 15.9. The van der Waals surface area contributed by atoms with Gasteiger partial charge in [0, 0.05) is 19.2 Å². The fourth-order valence-electron chi connectivity index (χ4n) is 2.55. The number of alkyl halides is 1. The van der Waals surface area contributed by atoms with Crippen LogP contribution in [0.4, 0.5) is 5.82 Å². The van der Waals surface area contributed by atoms with Gasteiger partial charge in [0.1, 0.15) is 5.82 Å². The Labute approximate surface area is 132 Å². The van der Waals surface area contributed by atoms with Crippen LogP contribution in [0.5, 0.6) is 0 Å². The highest BCUT2D eigenvalue weighted by molar-refractivity contribution is 6.17. The minimum absolute atomic E-state index is 0.492. The molecule has 1 heterocycles. The summed E-state index contributed by atoms with van der Waals surface area (Å²) in [5.74, 6) is 1.61. The Balaban J connectivity index is 2.37. The predicted octanol–water partition coefficient (Wildman–Crippen LogP) is 4.55. The standard InChI is InChI=1S/C17H24ClN3/c1-4-5-9-12-20(3)17-16(13-18)14(2)19-21(17)15-10-7-6-8-11-15/h6-8,10-11H,4-5,9,12-13H2,1-3H3. The fraction of sp³-hybridized carbons (Fsp3) is 0.471. The smallest absolute Gasteiger partial charge is 0.136 e. The molecule has 0 aliphatic carbocycles. The number of para-hydroxylation sites is 1. The van der Waals surface area contributed by atoms with Crippen LogP contribution >= 0.6 is 11.6 Å². The van der Waals surface area contributed by atoms with Crippen LogP contribution in [0, 0.1) is 6.92 Å². The fourth-order valence-corrected chi connectivity index (χ4v) is 2.86. The Kier molecular flexibility index (Phi) is 5.68. The molecule has 0 atom stereocenters. The minimum atomic E-state index is 0.492. The maximum Gasteiger partial charge on any atom is 0.136 e. The summed E-state index contributed by atoms with van der Waals surface area (Å²) in [4.78, 5) is 2.28. The van der Waals surface area contributed by atoms with E-state index in [1.807, 2.05) is 29.8 Å². The average Bonchev–Trinajstić information content (AvgIpc) is 2.85. The molecule has 0 unspecified atom stereocenters. The van der Waals surface area contributed by atoms with Crippen molar-refractivity contribution >= 4 is 17.4 Å². The minimum Gasteiger partial charge on any atom is -0.359 e. The van der Waals surface area contributed by atoms with E-state index >= 15 is 0 Å². The first-order valence-corrected chi connectivity index (χ1v) is 8.13. The van der Waals surface area contributed by atoms with Crippen molar-refractivity contribution in [3.8, 4) is 5.69 Å². The third-order valence-corrected chi connectivity index (χ3v) is 4.02. The lowest BCUT2D eigenvalue weighted by molar-refractivity contribution is 0.691. The van der Waals surface area contributed by atoms with Crippen LogP contribution in [0.1, 0.15) is 37.4 Å². The lowest BCUT2D eigenvalue weighted by atomic mass is 10.2. The molecule has 4 heteroatoms. The predicted molar refractivity (Wildman–Crippen MR) is 90.7 cm³/mol.